The molecule has 7 nitrogen and oxygen atoms in total. The number of amides is 2. The van der Waals surface area contributed by atoms with Crippen molar-refractivity contribution in [2.24, 2.45) is 0 Å². The second-order valence-corrected chi connectivity index (χ2v) is 6.75. The van der Waals surface area contributed by atoms with Gasteiger partial charge in [-0.05, 0) is 25.0 Å². The molecule has 3 aliphatic rings. The van der Waals surface area contributed by atoms with Crippen molar-refractivity contribution in [3.8, 4) is 5.75 Å². The number of likely N-dealkylation sites (tertiary alicyclic amines) is 1. The second kappa shape index (κ2) is 6.92. The number of carbonyl (C=O) groups excluding carboxylic acids is 2. The third kappa shape index (κ3) is 3.28. The van der Waals surface area contributed by atoms with Crippen LogP contribution in [0.15, 0.2) is 18.2 Å². The fourth-order valence-electron chi connectivity index (χ4n) is 3.69. The number of benzene rings is 1. The van der Waals surface area contributed by atoms with Crippen LogP contribution >= 0.6 is 0 Å². The minimum Gasteiger partial charge on any atom is -0.481 e. The van der Waals surface area contributed by atoms with Crippen molar-refractivity contribution >= 4 is 23.2 Å². The van der Waals surface area contributed by atoms with E-state index >= 15 is 0 Å². The molecule has 25 heavy (non-hydrogen) atoms. The zero-order chi connectivity index (χ0) is 17.2. The van der Waals surface area contributed by atoms with Gasteiger partial charge in [-0.1, -0.05) is 0 Å². The molecule has 0 aromatic heterocycles. The standard InChI is InChI=1S/C18H24N4O3/c23-17(21-7-1-2-8-21)12-22-15-4-3-14(20-9-5-19-6-10-20)11-16(15)25-13-18(22)24/h3-4,11,19H,1-2,5-10,12-13H2. The highest BCUT2D eigenvalue weighted by Gasteiger charge is 2.30. The van der Waals surface area contributed by atoms with Gasteiger partial charge in [0.1, 0.15) is 12.3 Å². The smallest absolute Gasteiger partial charge is 0.265 e. The van der Waals surface area contributed by atoms with E-state index in [1.165, 1.54) is 0 Å². The summed E-state index contributed by atoms with van der Waals surface area (Å²) >= 11 is 0. The van der Waals surface area contributed by atoms with Crippen molar-refractivity contribution in [1.29, 1.82) is 0 Å². The molecule has 2 amide bonds. The molecule has 3 aliphatic heterocycles. The van der Waals surface area contributed by atoms with Crippen molar-refractivity contribution in [3.05, 3.63) is 18.2 Å². The highest BCUT2D eigenvalue weighted by Crippen LogP contribution is 2.35. The number of rotatable bonds is 3. The molecule has 0 spiro atoms. The molecule has 3 heterocycles. The third-order valence-corrected chi connectivity index (χ3v) is 5.12. The Balaban J connectivity index is 1.54. The van der Waals surface area contributed by atoms with Gasteiger partial charge in [-0.2, -0.15) is 0 Å². The van der Waals surface area contributed by atoms with Crippen LogP contribution < -0.4 is 19.9 Å². The Kier molecular flexibility index (Phi) is 4.48. The van der Waals surface area contributed by atoms with Crippen LogP contribution in [-0.4, -0.2) is 69.1 Å². The molecule has 4 rings (SSSR count). The Hall–Kier alpha value is -2.28. The summed E-state index contributed by atoms with van der Waals surface area (Å²) in [6, 6.07) is 5.90. The Morgan fingerprint density at radius 3 is 2.64 bits per heavy atom. The molecule has 2 fully saturated rings. The number of fused-ring (bicyclic) bond motifs is 1. The molecular weight excluding hydrogens is 320 g/mol. The van der Waals surface area contributed by atoms with Crippen molar-refractivity contribution < 1.29 is 14.3 Å². The number of nitrogens with one attached hydrogen (secondary N) is 1. The number of piperazine rings is 1. The Bertz CT molecular complexity index is 666. The summed E-state index contributed by atoms with van der Waals surface area (Å²) in [7, 11) is 0. The van der Waals surface area contributed by atoms with Crippen LogP contribution in [0.1, 0.15) is 12.8 Å². The summed E-state index contributed by atoms with van der Waals surface area (Å²) in [5.41, 5.74) is 1.79. The first-order valence-electron chi connectivity index (χ1n) is 9.03. The molecule has 0 bridgehead atoms. The van der Waals surface area contributed by atoms with Gasteiger partial charge in [0.2, 0.25) is 5.91 Å². The predicted molar refractivity (Wildman–Crippen MR) is 95.2 cm³/mol. The summed E-state index contributed by atoms with van der Waals surface area (Å²) in [5.74, 6) is 0.546. The van der Waals surface area contributed by atoms with E-state index in [4.69, 9.17) is 4.74 Å². The highest BCUT2D eigenvalue weighted by atomic mass is 16.5. The summed E-state index contributed by atoms with van der Waals surface area (Å²) < 4.78 is 5.65. The third-order valence-electron chi connectivity index (χ3n) is 5.12. The van der Waals surface area contributed by atoms with E-state index in [0.29, 0.717) is 11.4 Å². The Labute approximate surface area is 147 Å². The van der Waals surface area contributed by atoms with Crippen LogP contribution in [0.3, 0.4) is 0 Å². The number of hydrogen-bond acceptors (Lipinski definition) is 5. The van der Waals surface area contributed by atoms with E-state index in [9.17, 15) is 9.59 Å². The monoisotopic (exact) mass is 344 g/mol. The minimum absolute atomic E-state index is 0.00864. The molecule has 0 aliphatic carbocycles. The SMILES string of the molecule is O=C(CN1C(=O)COc2cc(N3CCNCC3)ccc21)N1CCCC1. The lowest BCUT2D eigenvalue weighted by Crippen LogP contribution is -2.46. The van der Waals surface area contributed by atoms with Crippen LogP contribution in [0, 0.1) is 0 Å². The summed E-state index contributed by atoms with van der Waals surface area (Å²) in [4.78, 5) is 30.5. The number of anilines is 2. The number of hydrogen-bond donors (Lipinski definition) is 1. The van der Waals surface area contributed by atoms with E-state index in [1.54, 1.807) is 4.90 Å². The molecular formula is C18H24N4O3. The van der Waals surface area contributed by atoms with E-state index in [0.717, 1.165) is 57.8 Å². The highest BCUT2D eigenvalue weighted by molar-refractivity contribution is 6.02. The quantitative estimate of drug-likeness (QED) is 0.862. The van der Waals surface area contributed by atoms with E-state index in [1.807, 2.05) is 23.1 Å². The van der Waals surface area contributed by atoms with Crippen LogP contribution in [-0.2, 0) is 9.59 Å². The summed E-state index contributed by atoms with van der Waals surface area (Å²) in [6.45, 7) is 5.52. The summed E-state index contributed by atoms with van der Waals surface area (Å²) in [5, 5.41) is 3.34. The topological polar surface area (TPSA) is 65.1 Å². The molecule has 1 aromatic rings. The zero-order valence-electron chi connectivity index (χ0n) is 14.4. The van der Waals surface area contributed by atoms with Gasteiger partial charge in [0, 0.05) is 51.0 Å². The number of nitrogens with zero attached hydrogens (tertiary/aromatic N) is 3. The van der Waals surface area contributed by atoms with Crippen molar-refractivity contribution in [3.63, 3.8) is 0 Å². The average molecular weight is 344 g/mol. The lowest BCUT2D eigenvalue weighted by Gasteiger charge is -2.33. The van der Waals surface area contributed by atoms with Gasteiger partial charge in [-0.25, -0.2) is 0 Å². The first-order chi connectivity index (χ1) is 12.2. The first-order valence-corrected chi connectivity index (χ1v) is 9.03. The Morgan fingerprint density at radius 1 is 1.12 bits per heavy atom. The lowest BCUT2D eigenvalue weighted by molar-refractivity contribution is -0.131. The zero-order valence-corrected chi connectivity index (χ0v) is 14.4. The molecule has 0 radical (unpaired) electrons. The molecule has 0 unspecified atom stereocenters. The molecule has 1 N–H and O–H groups in total. The van der Waals surface area contributed by atoms with Crippen LogP contribution in [0.4, 0.5) is 11.4 Å². The minimum atomic E-state index is -0.157. The molecule has 7 heteroatoms. The van der Waals surface area contributed by atoms with Gasteiger partial charge in [0.25, 0.3) is 5.91 Å². The second-order valence-electron chi connectivity index (χ2n) is 6.75. The van der Waals surface area contributed by atoms with Gasteiger partial charge in [-0.3, -0.25) is 14.5 Å². The molecule has 134 valence electrons. The maximum Gasteiger partial charge on any atom is 0.265 e. The molecule has 0 saturated carbocycles. The van der Waals surface area contributed by atoms with Gasteiger partial charge in [-0.15, -0.1) is 0 Å². The molecule has 0 atom stereocenters. The normalized spacial score (nSPS) is 20.5. The van der Waals surface area contributed by atoms with Crippen molar-refractivity contribution in [2.75, 3.05) is 62.2 Å². The maximum absolute atomic E-state index is 12.5. The Morgan fingerprint density at radius 2 is 1.88 bits per heavy atom. The predicted octanol–water partition coefficient (Wildman–Crippen LogP) is 0.444. The largest absolute Gasteiger partial charge is 0.481 e. The maximum atomic E-state index is 12.5. The van der Waals surface area contributed by atoms with E-state index in [2.05, 4.69) is 10.2 Å². The van der Waals surface area contributed by atoms with Crippen LogP contribution in [0.25, 0.3) is 0 Å². The van der Waals surface area contributed by atoms with E-state index < -0.39 is 0 Å². The van der Waals surface area contributed by atoms with Crippen LogP contribution in [0.5, 0.6) is 5.75 Å². The average Bonchev–Trinajstić information content (AvgIpc) is 3.19. The number of ether oxygens (including phenoxy) is 1. The van der Waals surface area contributed by atoms with Crippen molar-refractivity contribution in [1.82, 2.24) is 10.2 Å². The van der Waals surface area contributed by atoms with Gasteiger partial charge in [0.05, 0.1) is 5.69 Å². The molecule has 1 aromatic carbocycles. The first kappa shape index (κ1) is 16.2. The lowest BCUT2D eigenvalue weighted by atomic mass is 10.2. The van der Waals surface area contributed by atoms with Gasteiger partial charge >= 0.3 is 0 Å². The fraction of sp³-hybridized carbons (Fsp3) is 0.556. The van der Waals surface area contributed by atoms with Gasteiger partial charge in [0.15, 0.2) is 6.61 Å². The summed E-state index contributed by atoms with van der Waals surface area (Å²) in [6.07, 6.45) is 2.10. The fourth-order valence-corrected chi connectivity index (χ4v) is 3.69. The van der Waals surface area contributed by atoms with Crippen LogP contribution in [0.2, 0.25) is 0 Å². The number of carbonyl (C=O) groups is 2. The molecule has 2 saturated heterocycles. The van der Waals surface area contributed by atoms with E-state index in [-0.39, 0.29) is 25.0 Å². The van der Waals surface area contributed by atoms with Crippen molar-refractivity contribution in [2.45, 2.75) is 12.8 Å². The van der Waals surface area contributed by atoms with Gasteiger partial charge < -0.3 is 19.9 Å².